The van der Waals surface area contributed by atoms with Gasteiger partial charge in [0.05, 0.1) is 16.6 Å². The van der Waals surface area contributed by atoms with Crippen LogP contribution in [-0.2, 0) is 11.3 Å². The SMILES string of the molecule is O=C(Cn1nnc2ccccc21)Nc1ccc(-c2nc3ccccc3[nH]2)cc1. The third-order valence-corrected chi connectivity index (χ3v) is 4.55. The molecule has 0 aliphatic rings. The van der Waals surface area contributed by atoms with Gasteiger partial charge in [0, 0.05) is 11.3 Å². The monoisotopic (exact) mass is 368 g/mol. The van der Waals surface area contributed by atoms with Crippen LogP contribution in [0.4, 0.5) is 5.69 Å². The Morgan fingerprint density at radius 1 is 0.929 bits per heavy atom. The minimum absolute atomic E-state index is 0.103. The largest absolute Gasteiger partial charge is 0.338 e. The second-order valence-corrected chi connectivity index (χ2v) is 6.46. The molecule has 5 rings (SSSR count). The van der Waals surface area contributed by atoms with Crippen LogP contribution in [0.1, 0.15) is 0 Å². The normalized spacial score (nSPS) is 11.1. The number of aromatic amines is 1. The van der Waals surface area contributed by atoms with Crippen molar-refractivity contribution in [2.45, 2.75) is 6.54 Å². The van der Waals surface area contributed by atoms with Crippen molar-refractivity contribution in [1.29, 1.82) is 0 Å². The van der Waals surface area contributed by atoms with E-state index in [2.05, 4.69) is 25.6 Å². The van der Waals surface area contributed by atoms with Crippen LogP contribution < -0.4 is 5.32 Å². The summed E-state index contributed by atoms with van der Waals surface area (Å²) in [7, 11) is 0. The molecule has 0 atom stereocenters. The van der Waals surface area contributed by atoms with E-state index >= 15 is 0 Å². The van der Waals surface area contributed by atoms with Crippen molar-refractivity contribution >= 4 is 33.7 Å². The fourth-order valence-electron chi connectivity index (χ4n) is 3.17. The highest BCUT2D eigenvalue weighted by molar-refractivity contribution is 5.91. The number of para-hydroxylation sites is 3. The van der Waals surface area contributed by atoms with E-state index < -0.39 is 0 Å². The Morgan fingerprint density at radius 2 is 1.68 bits per heavy atom. The van der Waals surface area contributed by atoms with Gasteiger partial charge in [-0.3, -0.25) is 4.79 Å². The number of carbonyl (C=O) groups is 1. The van der Waals surface area contributed by atoms with E-state index in [1.165, 1.54) is 0 Å². The summed E-state index contributed by atoms with van der Waals surface area (Å²) >= 11 is 0. The van der Waals surface area contributed by atoms with Gasteiger partial charge >= 0.3 is 0 Å². The molecule has 0 spiro atoms. The molecule has 7 heteroatoms. The van der Waals surface area contributed by atoms with E-state index in [0.717, 1.165) is 33.5 Å². The van der Waals surface area contributed by atoms with Crippen LogP contribution in [0.5, 0.6) is 0 Å². The summed E-state index contributed by atoms with van der Waals surface area (Å²) in [4.78, 5) is 20.3. The summed E-state index contributed by atoms with van der Waals surface area (Å²) in [6.07, 6.45) is 0. The molecule has 7 nitrogen and oxygen atoms in total. The zero-order valence-corrected chi connectivity index (χ0v) is 14.8. The maximum absolute atomic E-state index is 12.4. The van der Waals surface area contributed by atoms with Crippen molar-refractivity contribution in [3.8, 4) is 11.4 Å². The van der Waals surface area contributed by atoms with Gasteiger partial charge in [-0.15, -0.1) is 5.10 Å². The summed E-state index contributed by atoms with van der Waals surface area (Å²) in [5, 5.41) is 11.0. The smallest absolute Gasteiger partial charge is 0.246 e. The van der Waals surface area contributed by atoms with Crippen LogP contribution >= 0.6 is 0 Å². The zero-order valence-electron chi connectivity index (χ0n) is 14.8. The van der Waals surface area contributed by atoms with Crippen LogP contribution in [-0.4, -0.2) is 30.9 Å². The van der Waals surface area contributed by atoms with Crippen molar-refractivity contribution in [2.24, 2.45) is 0 Å². The number of nitrogens with zero attached hydrogens (tertiary/aromatic N) is 4. The number of anilines is 1. The standard InChI is InChI=1S/C21H16N6O/c28-20(13-27-19-8-4-3-7-18(19)25-26-27)22-15-11-9-14(10-12-15)21-23-16-5-1-2-6-17(16)24-21/h1-12H,13H2,(H,22,28)(H,23,24). The Labute approximate surface area is 160 Å². The molecule has 2 aromatic heterocycles. The summed E-state index contributed by atoms with van der Waals surface area (Å²) in [5.41, 5.74) is 5.19. The number of amides is 1. The lowest BCUT2D eigenvalue weighted by Gasteiger charge is -2.06. The maximum Gasteiger partial charge on any atom is 0.246 e. The number of carbonyl (C=O) groups excluding carboxylic acids is 1. The van der Waals surface area contributed by atoms with Gasteiger partial charge in [0.15, 0.2) is 0 Å². The lowest BCUT2D eigenvalue weighted by molar-refractivity contribution is -0.116. The van der Waals surface area contributed by atoms with Crippen LogP contribution in [0, 0.1) is 0 Å². The van der Waals surface area contributed by atoms with Gasteiger partial charge in [-0.05, 0) is 48.5 Å². The van der Waals surface area contributed by atoms with Gasteiger partial charge in [-0.2, -0.15) is 0 Å². The third kappa shape index (κ3) is 2.99. The van der Waals surface area contributed by atoms with Crippen LogP contribution in [0.15, 0.2) is 72.8 Å². The molecule has 1 amide bonds. The topological polar surface area (TPSA) is 88.5 Å². The molecule has 0 saturated heterocycles. The fraction of sp³-hybridized carbons (Fsp3) is 0.0476. The van der Waals surface area contributed by atoms with E-state index in [1.807, 2.05) is 72.8 Å². The van der Waals surface area contributed by atoms with Gasteiger partial charge in [-0.25, -0.2) is 9.67 Å². The highest BCUT2D eigenvalue weighted by Gasteiger charge is 2.10. The van der Waals surface area contributed by atoms with Gasteiger partial charge in [0.1, 0.15) is 17.9 Å². The van der Waals surface area contributed by atoms with Gasteiger partial charge < -0.3 is 10.3 Å². The number of benzene rings is 3. The first-order chi connectivity index (χ1) is 13.8. The summed E-state index contributed by atoms with van der Waals surface area (Å²) in [6, 6.07) is 23.0. The Kier molecular flexibility index (Phi) is 3.83. The molecule has 2 N–H and O–H groups in total. The zero-order chi connectivity index (χ0) is 18.9. The predicted octanol–water partition coefficient (Wildman–Crippen LogP) is 3.61. The number of fused-ring (bicyclic) bond motifs is 2. The van der Waals surface area contributed by atoms with Gasteiger partial charge in [-0.1, -0.05) is 29.5 Å². The second kappa shape index (κ2) is 6.62. The molecular weight excluding hydrogens is 352 g/mol. The van der Waals surface area contributed by atoms with E-state index in [4.69, 9.17) is 0 Å². The maximum atomic E-state index is 12.4. The Morgan fingerprint density at radius 3 is 2.50 bits per heavy atom. The lowest BCUT2D eigenvalue weighted by atomic mass is 10.2. The van der Waals surface area contributed by atoms with E-state index in [9.17, 15) is 4.79 Å². The molecular formula is C21H16N6O. The molecule has 0 fully saturated rings. The number of H-pyrrole nitrogens is 1. The number of aromatic nitrogens is 5. The van der Waals surface area contributed by atoms with Crippen molar-refractivity contribution < 1.29 is 4.79 Å². The number of hydrogen-bond acceptors (Lipinski definition) is 4. The molecule has 5 aromatic rings. The summed E-state index contributed by atoms with van der Waals surface area (Å²) in [6.45, 7) is 0.103. The minimum Gasteiger partial charge on any atom is -0.338 e. The molecule has 3 aromatic carbocycles. The number of nitrogens with one attached hydrogen (secondary N) is 2. The van der Waals surface area contributed by atoms with Gasteiger partial charge in [0.2, 0.25) is 5.91 Å². The molecule has 0 unspecified atom stereocenters. The first kappa shape index (κ1) is 16.2. The van der Waals surface area contributed by atoms with Crippen LogP contribution in [0.25, 0.3) is 33.5 Å². The predicted molar refractivity (Wildman–Crippen MR) is 108 cm³/mol. The highest BCUT2D eigenvalue weighted by atomic mass is 16.2. The van der Waals surface area contributed by atoms with Crippen LogP contribution in [0.2, 0.25) is 0 Å². The molecule has 0 aliphatic heterocycles. The van der Waals surface area contributed by atoms with Crippen LogP contribution in [0.3, 0.4) is 0 Å². The van der Waals surface area contributed by atoms with Gasteiger partial charge in [0.25, 0.3) is 0 Å². The second-order valence-electron chi connectivity index (χ2n) is 6.46. The third-order valence-electron chi connectivity index (χ3n) is 4.55. The van der Waals surface area contributed by atoms with E-state index in [0.29, 0.717) is 5.69 Å². The molecule has 0 aliphatic carbocycles. The Balaban J connectivity index is 1.31. The highest BCUT2D eigenvalue weighted by Crippen LogP contribution is 2.22. The van der Waals surface area contributed by atoms with Crippen molar-refractivity contribution in [1.82, 2.24) is 25.0 Å². The van der Waals surface area contributed by atoms with Crippen molar-refractivity contribution in [3.05, 3.63) is 72.8 Å². The summed E-state index contributed by atoms with van der Waals surface area (Å²) < 4.78 is 1.59. The molecule has 0 radical (unpaired) electrons. The number of rotatable bonds is 4. The Hall–Kier alpha value is -4.00. The first-order valence-electron chi connectivity index (χ1n) is 8.89. The van der Waals surface area contributed by atoms with Crippen molar-refractivity contribution in [2.75, 3.05) is 5.32 Å². The average molecular weight is 368 g/mol. The van der Waals surface area contributed by atoms with E-state index in [1.54, 1.807) is 4.68 Å². The molecule has 2 heterocycles. The quantitative estimate of drug-likeness (QED) is 0.507. The lowest BCUT2D eigenvalue weighted by Crippen LogP contribution is -2.19. The number of hydrogen-bond donors (Lipinski definition) is 2. The minimum atomic E-state index is -0.160. The molecule has 0 saturated carbocycles. The molecule has 28 heavy (non-hydrogen) atoms. The summed E-state index contributed by atoms with van der Waals surface area (Å²) in [5.74, 6) is 0.639. The first-order valence-corrected chi connectivity index (χ1v) is 8.89. The molecule has 0 bridgehead atoms. The molecule has 136 valence electrons. The number of imidazole rings is 1. The van der Waals surface area contributed by atoms with E-state index in [-0.39, 0.29) is 12.5 Å². The fourth-order valence-corrected chi connectivity index (χ4v) is 3.17. The van der Waals surface area contributed by atoms with Crippen molar-refractivity contribution in [3.63, 3.8) is 0 Å². The average Bonchev–Trinajstić information content (AvgIpc) is 3.33. The Bertz CT molecular complexity index is 1250.